The van der Waals surface area contributed by atoms with E-state index in [9.17, 15) is 0 Å². The number of likely N-dealkylation sites (N-methyl/N-ethyl adjacent to an activating group) is 1. The molecule has 0 aliphatic carbocycles. The molecule has 0 bridgehead atoms. The summed E-state index contributed by atoms with van der Waals surface area (Å²) in [6.45, 7) is 5.68. The van der Waals surface area contributed by atoms with Crippen LogP contribution in [0, 0.1) is 0 Å². The van der Waals surface area contributed by atoms with Crippen LogP contribution in [0.2, 0.25) is 0 Å². The summed E-state index contributed by atoms with van der Waals surface area (Å²) in [6.07, 6.45) is 2.15. The summed E-state index contributed by atoms with van der Waals surface area (Å²) in [5.74, 6) is 2.04. The van der Waals surface area contributed by atoms with E-state index in [1.165, 1.54) is 5.56 Å². The topological polar surface area (TPSA) is 65.7 Å². The third-order valence-electron chi connectivity index (χ3n) is 4.91. The number of aromatic nitrogens is 1. The van der Waals surface area contributed by atoms with E-state index >= 15 is 0 Å². The smallest absolute Gasteiger partial charge is 0.191 e. The van der Waals surface area contributed by atoms with Gasteiger partial charge in [0.2, 0.25) is 0 Å². The third-order valence-corrected chi connectivity index (χ3v) is 4.91. The maximum atomic E-state index is 5.47. The molecule has 2 rings (SSSR count). The Hall–Kier alpha value is -1.61. The molecule has 0 aliphatic heterocycles. The average Bonchev–Trinajstić information content (AvgIpc) is 3.15. The number of aliphatic imine (C=N–C) groups is 1. The zero-order chi connectivity index (χ0) is 19.6. The van der Waals surface area contributed by atoms with Crippen molar-refractivity contribution in [1.82, 2.24) is 20.7 Å². The number of nitrogens with zero attached hydrogens (tertiary/aromatic N) is 3. The Morgan fingerprint density at radius 2 is 1.82 bits per heavy atom. The zero-order valence-corrected chi connectivity index (χ0v) is 19.9. The van der Waals surface area contributed by atoms with E-state index in [1.54, 1.807) is 7.05 Å². The zero-order valence-electron chi connectivity index (χ0n) is 17.6. The Morgan fingerprint density at radius 1 is 1.14 bits per heavy atom. The molecule has 6 nitrogen and oxygen atoms in total. The van der Waals surface area contributed by atoms with E-state index in [4.69, 9.17) is 4.52 Å². The minimum Gasteiger partial charge on any atom is -0.359 e. The standard InChI is InChI=1S/C21H33N5O.HI/c1-6-16(7-2)19-13-18(27-25-19)14-23-21(22-3)24-15-20(26(4)5)17-11-9-8-10-12-17;/h8-13,16,20H,6-7,14-15H2,1-5H3,(H2,22,23,24);1H. The van der Waals surface area contributed by atoms with Gasteiger partial charge in [-0.25, -0.2) is 0 Å². The predicted octanol–water partition coefficient (Wildman–Crippen LogP) is 4.16. The van der Waals surface area contributed by atoms with E-state index < -0.39 is 0 Å². The van der Waals surface area contributed by atoms with Crippen LogP contribution in [0.4, 0.5) is 0 Å². The molecule has 1 unspecified atom stereocenters. The van der Waals surface area contributed by atoms with Crippen LogP contribution in [0.1, 0.15) is 55.7 Å². The van der Waals surface area contributed by atoms with Crippen LogP contribution < -0.4 is 10.6 Å². The molecule has 0 fully saturated rings. The lowest BCUT2D eigenvalue weighted by molar-refractivity contribution is 0.298. The van der Waals surface area contributed by atoms with Gasteiger partial charge >= 0.3 is 0 Å². The lowest BCUT2D eigenvalue weighted by Crippen LogP contribution is -2.41. The molecule has 156 valence electrons. The lowest BCUT2D eigenvalue weighted by atomic mass is 9.99. The van der Waals surface area contributed by atoms with E-state index in [-0.39, 0.29) is 30.0 Å². The SMILES string of the molecule is CCC(CC)c1cc(CNC(=NC)NCC(c2ccccc2)N(C)C)on1.I. The second kappa shape index (κ2) is 12.8. The van der Waals surface area contributed by atoms with Gasteiger partial charge in [-0.05, 0) is 32.5 Å². The highest BCUT2D eigenvalue weighted by molar-refractivity contribution is 14.0. The molecule has 1 aromatic carbocycles. The highest BCUT2D eigenvalue weighted by atomic mass is 127. The maximum Gasteiger partial charge on any atom is 0.191 e. The second-order valence-corrected chi connectivity index (χ2v) is 6.93. The van der Waals surface area contributed by atoms with Crippen LogP contribution in [0.5, 0.6) is 0 Å². The highest BCUT2D eigenvalue weighted by Crippen LogP contribution is 2.22. The number of benzene rings is 1. The number of nitrogens with one attached hydrogen (secondary N) is 2. The Balaban J connectivity index is 0.00000392. The van der Waals surface area contributed by atoms with Crippen molar-refractivity contribution in [2.45, 2.75) is 45.2 Å². The van der Waals surface area contributed by atoms with Crippen LogP contribution in [-0.2, 0) is 6.54 Å². The normalized spacial score (nSPS) is 12.8. The molecule has 0 saturated carbocycles. The first-order chi connectivity index (χ1) is 13.1. The molecule has 1 heterocycles. The molecule has 0 radical (unpaired) electrons. The van der Waals surface area contributed by atoms with Crippen LogP contribution >= 0.6 is 24.0 Å². The van der Waals surface area contributed by atoms with Crippen LogP contribution in [0.3, 0.4) is 0 Å². The molecule has 1 atom stereocenters. The van der Waals surface area contributed by atoms with Crippen LogP contribution in [0.25, 0.3) is 0 Å². The fraction of sp³-hybridized carbons (Fsp3) is 0.524. The Bertz CT molecular complexity index is 698. The van der Waals surface area contributed by atoms with Gasteiger partial charge < -0.3 is 20.1 Å². The number of hydrogen-bond acceptors (Lipinski definition) is 4. The molecule has 0 aliphatic rings. The molecule has 7 heteroatoms. The van der Waals surface area contributed by atoms with Crippen molar-refractivity contribution >= 4 is 29.9 Å². The van der Waals surface area contributed by atoms with Gasteiger partial charge in [0.25, 0.3) is 0 Å². The average molecular weight is 499 g/mol. The fourth-order valence-electron chi connectivity index (χ4n) is 3.17. The van der Waals surface area contributed by atoms with Gasteiger partial charge in [-0.1, -0.05) is 49.3 Å². The largest absolute Gasteiger partial charge is 0.359 e. The molecule has 1 aromatic heterocycles. The van der Waals surface area contributed by atoms with Gasteiger partial charge in [-0.15, -0.1) is 24.0 Å². The van der Waals surface area contributed by atoms with Crippen molar-refractivity contribution in [3.63, 3.8) is 0 Å². The van der Waals surface area contributed by atoms with E-state index in [0.29, 0.717) is 12.5 Å². The molecular weight excluding hydrogens is 465 g/mol. The van der Waals surface area contributed by atoms with Crippen LogP contribution in [0.15, 0.2) is 45.9 Å². The summed E-state index contributed by atoms with van der Waals surface area (Å²) in [5.41, 5.74) is 2.31. The highest BCUT2D eigenvalue weighted by Gasteiger charge is 2.15. The number of halogens is 1. The molecule has 0 spiro atoms. The van der Waals surface area contributed by atoms with Gasteiger partial charge in [0.1, 0.15) is 0 Å². The van der Waals surface area contributed by atoms with Gasteiger partial charge in [0.15, 0.2) is 11.7 Å². The van der Waals surface area contributed by atoms with Crippen molar-refractivity contribution in [3.05, 3.63) is 53.4 Å². The summed E-state index contributed by atoms with van der Waals surface area (Å²) in [7, 11) is 5.95. The Labute approximate surface area is 186 Å². The van der Waals surface area contributed by atoms with Gasteiger partial charge in [0.05, 0.1) is 18.3 Å². The molecule has 28 heavy (non-hydrogen) atoms. The fourth-order valence-corrected chi connectivity index (χ4v) is 3.17. The van der Waals surface area contributed by atoms with Gasteiger partial charge in [-0.3, -0.25) is 4.99 Å². The van der Waals surface area contributed by atoms with Crippen LogP contribution in [-0.4, -0.2) is 43.7 Å². The maximum absolute atomic E-state index is 5.47. The lowest BCUT2D eigenvalue weighted by Gasteiger charge is -2.26. The molecular formula is C21H34IN5O. The Morgan fingerprint density at radius 3 is 2.39 bits per heavy atom. The first-order valence-corrected chi connectivity index (χ1v) is 9.70. The minimum atomic E-state index is 0. The van der Waals surface area contributed by atoms with E-state index in [2.05, 4.69) is 77.9 Å². The number of hydrogen-bond donors (Lipinski definition) is 2. The molecule has 2 N–H and O–H groups in total. The minimum absolute atomic E-state index is 0. The summed E-state index contributed by atoms with van der Waals surface area (Å²) < 4.78 is 5.47. The monoisotopic (exact) mass is 499 g/mol. The first-order valence-electron chi connectivity index (χ1n) is 9.70. The van der Waals surface area contributed by atoms with E-state index in [0.717, 1.165) is 36.8 Å². The Kier molecular flexibility index (Phi) is 11.1. The van der Waals surface area contributed by atoms with Crippen molar-refractivity contribution in [3.8, 4) is 0 Å². The summed E-state index contributed by atoms with van der Waals surface area (Å²) in [6, 6.07) is 12.8. The molecule has 0 amide bonds. The quantitative estimate of drug-likeness (QED) is 0.308. The summed E-state index contributed by atoms with van der Waals surface area (Å²) in [4.78, 5) is 6.52. The molecule has 2 aromatic rings. The number of guanidine groups is 1. The first kappa shape index (κ1) is 24.4. The van der Waals surface area contributed by atoms with Crippen molar-refractivity contribution in [2.24, 2.45) is 4.99 Å². The predicted molar refractivity (Wildman–Crippen MR) is 126 cm³/mol. The van der Waals surface area contributed by atoms with Crippen molar-refractivity contribution in [1.29, 1.82) is 0 Å². The van der Waals surface area contributed by atoms with E-state index in [1.807, 2.05) is 12.1 Å². The third kappa shape index (κ3) is 7.09. The molecule has 0 saturated heterocycles. The summed E-state index contributed by atoms with van der Waals surface area (Å²) >= 11 is 0. The second-order valence-electron chi connectivity index (χ2n) is 6.93. The van der Waals surface area contributed by atoms with Crippen molar-refractivity contribution in [2.75, 3.05) is 27.7 Å². The number of rotatable bonds is 9. The van der Waals surface area contributed by atoms with Gasteiger partial charge in [-0.2, -0.15) is 0 Å². The summed E-state index contributed by atoms with van der Waals surface area (Å²) in [5, 5.41) is 10.9. The van der Waals surface area contributed by atoms with Gasteiger partial charge in [0, 0.05) is 25.6 Å². The van der Waals surface area contributed by atoms with Crippen molar-refractivity contribution < 1.29 is 4.52 Å².